The summed E-state index contributed by atoms with van der Waals surface area (Å²) in [7, 11) is 0. The Morgan fingerprint density at radius 1 is 0.923 bits per heavy atom. The molecule has 0 N–H and O–H groups in total. The summed E-state index contributed by atoms with van der Waals surface area (Å²) >= 11 is 0. The Labute approximate surface area is 156 Å². The minimum atomic E-state index is -0.132. The molecular weight excluding hydrogens is 320 g/mol. The Bertz CT molecular complexity index is 777. The van der Waals surface area contributed by atoms with Crippen LogP contribution in [0.3, 0.4) is 0 Å². The molecule has 136 valence electrons. The fraction of sp³-hybridized carbons (Fsp3) is 0.583. The molecule has 0 heterocycles. The molecule has 3 fully saturated rings. The van der Waals surface area contributed by atoms with Crippen molar-refractivity contribution in [3.05, 3.63) is 47.5 Å². The average Bonchev–Trinajstić information content (AvgIpc) is 2.96. The number of hydrogen-bond donors (Lipinski definition) is 0. The molecule has 26 heavy (non-hydrogen) atoms. The summed E-state index contributed by atoms with van der Waals surface area (Å²) in [4.78, 5) is 24.8. The number of carbonyl (C=O) groups is 2. The van der Waals surface area contributed by atoms with E-state index in [1.54, 1.807) is 0 Å². The highest BCUT2D eigenvalue weighted by molar-refractivity contribution is 5.91. The van der Waals surface area contributed by atoms with Crippen LogP contribution in [0.25, 0.3) is 0 Å². The first kappa shape index (κ1) is 16.5. The van der Waals surface area contributed by atoms with Crippen molar-refractivity contribution in [2.24, 2.45) is 29.1 Å². The molecule has 0 bridgehead atoms. The van der Waals surface area contributed by atoms with Crippen molar-refractivity contribution < 1.29 is 9.59 Å². The second-order valence-electron chi connectivity index (χ2n) is 9.32. The van der Waals surface area contributed by atoms with Gasteiger partial charge in [0.2, 0.25) is 0 Å². The third-order valence-electron chi connectivity index (χ3n) is 8.24. The predicted molar refractivity (Wildman–Crippen MR) is 102 cm³/mol. The smallest absolute Gasteiger partial charge is 0.155 e. The van der Waals surface area contributed by atoms with E-state index in [9.17, 15) is 9.59 Å². The van der Waals surface area contributed by atoms with E-state index in [0.29, 0.717) is 47.6 Å². The molecule has 4 aliphatic carbocycles. The zero-order valence-electron chi connectivity index (χ0n) is 15.6. The van der Waals surface area contributed by atoms with E-state index in [4.69, 9.17) is 0 Å². The lowest BCUT2D eigenvalue weighted by Gasteiger charge is -2.55. The summed E-state index contributed by atoms with van der Waals surface area (Å²) in [6.45, 7) is 2.26. The lowest BCUT2D eigenvalue weighted by molar-refractivity contribution is -0.132. The molecule has 1 aromatic rings. The SMILES string of the molecule is C[C@]12C[C@H](c3ccccc3)[C@H]3[C@@H](CCC4=CC(=O)CC[C@@H]43)[C@@H]1CCC2=O. The van der Waals surface area contributed by atoms with E-state index in [1.165, 1.54) is 11.1 Å². The molecule has 4 aliphatic rings. The van der Waals surface area contributed by atoms with E-state index in [1.807, 2.05) is 6.08 Å². The summed E-state index contributed by atoms with van der Waals surface area (Å²) in [6.07, 6.45) is 8.79. The topological polar surface area (TPSA) is 34.1 Å². The van der Waals surface area contributed by atoms with Crippen molar-refractivity contribution in [2.75, 3.05) is 0 Å². The van der Waals surface area contributed by atoms with Crippen molar-refractivity contribution in [1.82, 2.24) is 0 Å². The van der Waals surface area contributed by atoms with Crippen LogP contribution in [-0.4, -0.2) is 11.6 Å². The number of carbonyl (C=O) groups excluding carboxylic acids is 2. The second kappa shape index (κ2) is 5.90. The van der Waals surface area contributed by atoms with Gasteiger partial charge in [-0.3, -0.25) is 9.59 Å². The maximum atomic E-state index is 12.9. The van der Waals surface area contributed by atoms with Crippen LogP contribution in [0.5, 0.6) is 0 Å². The Hall–Kier alpha value is -1.70. The maximum absolute atomic E-state index is 12.9. The number of hydrogen-bond acceptors (Lipinski definition) is 2. The van der Waals surface area contributed by atoms with Gasteiger partial charge >= 0.3 is 0 Å². The fourth-order valence-corrected chi connectivity index (χ4v) is 7.12. The molecule has 0 radical (unpaired) electrons. The van der Waals surface area contributed by atoms with Crippen LogP contribution in [-0.2, 0) is 9.59 Å². The summed E-state index contributed by atoms with van der Waals surface area (Å²) in [6, 6.07) is 10.9. The first-order chi connectivity index (χ1) is 12.6. The average molecular weight is 348 g/mol. The molecule has 0 unspecified atom stereocenters. The molecule has 0 amide bonds. The quantitative estimate of drug-likeness (QED) is 0.708. The second-order valence-corrected chi connectivity index (χ2v) is 9.32. The van der Waals surface area contributed by atoms with Gasteiger partial charge in [-0.1, -0.05) is 42.8 Å². The van der Waals surface area contributed by atoms with Crippen molar-refractivity contribution >= 4 is 11.6 Å². The molecule has 0 aromatic heterocycles. The standard InChI is InChI=1S/C24H28O2/c1-24-14-20(15-5-3-2-4-6-15)23-18-10-8-17(25)13-16(18)7-9-19(23)21(24)11-12-22(24)26/h2-6,13,18-21,23H,7-12,14H2,1H3/t18-,19-,20+,21-,23+,24-/m0/s1. The number of fused-ring (bicyclic) bond motifs is 5. The summed E-state index contributed by atoms with van der Waals surface area (Å²) in [5.74, 6) is 3.63. The van der Waals surface area contributed by atoms with E-state index in [0.717, 1.165) is 38.5 Å². The van der Waals surface area contributed by atoms with Gasteiger partial charge in [-0.25, -0.2) is 0 Å². The zero-order valence-corrected chi connectivity index (χ0v) is 15.6. The minimum Gasteiger partial charge on any atom is -0.299 e. The van der Waals surface area contributed by atoms with Gasteiger partial charge in [0.15, 0.2) is 5.78 Å². The first-order valence-electron chi connectivity index (χ1n) is 10.4. The molecule has 0 saturated heterocycles. The highest BCUT2D eigenvalue weighted by Crippen LogP contribution is 2.64. The molecular formula is C24H28O2. The van der Waals surface area contributed by atoms with Crippen molar-refractivity contribution in [3.63, 3.8) is 0 Å². The Kier molecular flexibility index (Phi) is 3.74. The molecule has 3 saturated carbocycles. The van der Waals surface area contributed by atoms with Crippen LogP contribution in [0.1, 0.15) is 63.4 Å². The van der Waals surface area contributed by atoms with E-state index in [2.05, 4.69) is 37.3 Å². The van der Waals surface area contributed by atoms with Crippen molar-refractivity contribution in [2.45, 2.75) is 57.8 Å². The van der Waals surface area contributed by atoms with Crippen LogP contribution in [0.4, 0.5) is 0 Å². The number of Topliss-reactive ketones (excluding diaryl/α,β-unsaturated/α-hetero) is 1. The minimum absolute atomic E-state index is 0.132. The van der Waals surface area contributed by atoms with Crippen LogP contribution < -0.4 is 0 Å². The Morgan fingerprint density at radius 2 is 1.73 bits per heavy atom. The molecule has 2 nitrogen and oxygen atoms in total. The summed E-state index contributed by atoms with van der Waals surface area (Å²) < 4.78 is 0. The Morgan fingerprint density at radius 3 is 2.54 bits per heavy atom. The third-order valence-corrected chi connectivity index (χ3v) is 8.24. The Balaban J connectivity index is 1.61. The van der Waals surface area contributed by atoms with Gasteiger partial charge in [0.05, 0.1) is 0 Å². The van der Waals surface area contributed by atoms with Gasteiger partial charge in [-0.05, 0) is 73.3 Å². The number of benzene rings is 1. The highest BCUT2D eigenvalue weighted by atomic mass is 16.1. The van der Waals surface area contributed by atoms with Gasteiger partial charge in [0.1, 0.15) is 5.78 Å². The van der Waals surface area contributed by atoms with Gasteiger partial charge in [0, 0.05) is 18.3 Å². The van der Waals surface area contributed by atoms with Crippen LogP contribution in [0, 0.1) is 29.1 Å². The van der Waals surface area contributed by atoms with Crippen molar-refractivity contribution in [3.8, 4) is 0 Å². The third kappa shape index (κ3) is 2.30. The number of rotatable bonds is 1. The summed E-state index contributed by atoms with van der Waals surface area (Å²) in [5.41, 5.74) is 2.68. The lowest BCUT2D eigenvalue weighted by atomic mass is 9.48. The fourth-order valence-electron chi connectivity index (χ4n) is 7.12. The lowest BCUT2D eigenvalue weighted by Crippen LogP contribution is -2.50. The molecule has 1 aromatic carbocycles. The zero-order chi connectivity index (χ0) is 17.9. The maximum Gasteiger partial charge on any atom is 0.155 e. The first-order valence-corrected chi connectivity index (χ1v) is 10.4. The van der Waals surface area contributed by atoms with E-state index in [-0.39, 0.29) is 5.41 Å². The van der Waals surface area contributed by atoms with Gasteiger partial charge < -0.3 is 0 Å². The van der Waals surface area contributed by atoms with Crippen molar-refractivity contribution in [1.29, 1.82) is 0 Å². The van der Waals surface area contributed by atoms with Gasteiger partial charge in [0.25, 0.3) is 0 Å². The molecule has 0 aliphatic heterocycles. The van der Waals surface area contributed by atoms with E-state index < -0.39 is 0 Å². The molecule has 0 spiro atoms. The normalized spacial score (nSPS) is 41.9. The number of allylic oxidation sites excluding steroid dienone is 1. The number of ketones is 2. The molecule has 5 rings (SSSR count). The monoisotopic (exact) mass is 348 g/mol. The van der Waals surface area contributed by atoms with Gasteiger partial charge in [-0.2, -0.15) is 0 Å². The molecule has 2 heteroatoms. The van der Waals surface area contributed by atoms with Gasteiger partial charge in [-0.15, -0.1) is 0 Å². The molecule has 6 atom stereocenters. The van der Waals surface area contributed by atoms with E-state index >= 15 is 0 Å². The van der Waals surface area contributed by atoms with Crippen LogP contribution in [0.15, 0.2) is 42.0 Å². The summed E-state index contributed by atoms with van der Waals surface area (Å²) in [5, 5.41) is 0. The highest BCUT2D eigenvalue weighted by Gasteiger charge is 2.59. The van der Waals surface area contributed by atoms with Crippen LogP contribution >= 0.6 is 0 Å². The largest absolute Gasteiger partial charge is 0.299 e. The van der Waals surface area contributed by atoms with Crippen LogP contribution in [0.2, 0.25) is 0 Å². The predicted octanol–water partition coefficient (Wildman–Crippen LogP) is 5.09.